The summed E-state index contributed by atoms with van der Waals surface area (Å²) in [6, 6.07) is 5.05. The Bertz CT molecular complexity index is 702. The molecule has 0 unspecified atom stereocenters. The fraction of sp³-hybridized carbons (Fsp3) is 0.571. The van der Waals surface area contributed by atoms with Gasteiger partial charge in [-0.05, 0) is 18.6 Å². The molecule has 1 aromatic rings. The van der Waals surface area contributed by atoms with E-state index in [1.165, 1.54) is 0 Å². The number of carboxylic acids is 1. The largest absolute Gasteiger partial charge is 0.482 e. The lowest BCUT2D eigenvalue weighted by Gasteiger charge is -2.32. The molecule has 0 bridgehead atoms. The van der Waals surface area contributed by atoms with Gasteiger partial charge in [-0.3, -0.25) is 0 Å². The van der Waals surface area contributed by atoms with Crippen molar-refractivity contribution in [2.24, 2.45) is 5.92 Å². The van der Waals surface area contributed by atoms with E-state index in [1.54, 1.807) is 24.3 Å². The summed E-state index contributed by atoms with van der Waals surface area (Å²) in [7, 11) is 0. The molecule has 0 aromatic heterocycles. The summed E-state index contributed by atoms with van der Waals surface area (Å²) < 4.78 is 17.4. The van der Waals surface area contributed by atoms with Gasteiger partial charge in [0.2, 0.25) is 5.75 Å². The maximum Gasteiger partial charge on any atom is 0.341 e. The number of aliphatic hydroxyl groups excluding tert-OH is 2. The van der Waals surface area contributed by atoms with Gasteiger partial charge in [0.15, 0.2) is 18.1 Å². The van der Waals surface area contributed by atoms with Crippen LogP contribution in [-0.2, 0) is 4.79 Å². The molecule has 3 N–H and O–H groups in total. The first-order chi connectivity index (χ1) is 13.5. The van der Waals surface area contributed by atoms with Gasteiger partial charge in [0.25, 0.3) is 0 Å². The highest BCUT2D eigenvalue weighted by molar-refractivity contribution is 5.68. The lowest BCUT2D eigenvalue weighted by molar-refractivity contribution is -0.139. The number of unbranched alkanes of at least 4 members (excludes halogenated alkanes) is 2. The van der Waals surface area contributed by atoms with Crippen LogP contribution >= 0.6 is 0 Å². The summed E-state index contributed by atoms with van der Waals surface area (Å²) in [6.07, 6.45) is 5.86. The molecule has 1 aliphatic carbocycles. The van der Waals surface area contributed by atoms with Gasteiger partial charge in [-0.1, -0.05) is 44.4 Å². The normalized spacial score (nSPS) is 26.8. The van der Waals surface area contributed by atoms with Crippen LogP contribution in [0.1, 0.15) is 39.0 Å². The summed E-state index contributed by atoms with van der Waals surface area (Å²) in [4.78, 5) is 10.8. The van der Waals surface area contributed by atoms with Crippen LogP contribution in [0.2, 0.25) is 0 Å². The van der Waals surface area contributed by atoms with Gasteiger partial charge in [0.1, 0.15) is 12.2 Å². The van der Waals surface area contributed by atoms with Crippen LogP contribution in [0.3, 0.4) is 0 Å². The van der Waals surface area contributed by atoms with Crippen LogP contribution in [0.15, 0.2) is 30.4 Å². The average molecular weight is 392 g/mol. The van der Waals surface area contributed by atoms with E-state index in [9.17, 15) is 15.0 Å². The first-order valence-electron chi connectivity index (χ1n) is 9.85. The molecule has 0 radical (unpaired) electrons. The van der Waals surface area contributed by atoms with Crippen molar-refractivity contribution in [3.63, 3.8) is 0 Å². The first kappa shape index (κ1) is 20.5. The standard InChI is InChI=1S/C21H28O7/c1-2-3-4-6-13(22)9-10-14-15(23)11-18-20(14)27-17-8-5-7-16(21(17)28-18)26-12-19(24)25/h5,7-10,13-15,18,20,22-23H,2-4,6,11-12H2,1H3,(H,24,25)/b10-9+/t13-,14-,15+,18-,20+/m0/s1. The second kappa shape index (κ2) is 9.30. The van der Waals surface area contributed by atoms with Crippen molar-refractivity contribution in [3.8, 4) is 17.2 Å². The zero-order valence-corrected chi connectivity index (χ0v) is 16.0. The van der Waals surface area contributed by atoms with Gasteiger partial charge in [-0.25, -0.2) is 4.79 Å². The topological polar surface area (TPSA) is 105 Å². The molecule has 1 fully saturated rings. The van der Waals surface area contributed by atoms with Gasteiger partial charge < -0.3 is 29.5 Å². The smallest absolute Gasteiger partial charge is 0.341 e. The van der Waals surface area contributed by atoms with Crippen molar-refractivity contribution in [1.82, 2.24) is 0 Å². The highest BCUT2D eigenvalue weighted by atomic mass is 16.6. The molecule has 7 heteroatoms. The fourth-order valence-electron chi connectivity index (χ4n) is 3.72. The second-order valence-electron chi connectivity index (χ2n) is 7.33. The number of aliphatic carboxylic acids is 1. The van der Waals surface area contributed by atoms with Crippen molar-refractivity contribution in [2.75, 3.05) is 6.61 Å². The Morgan fingerprint density at radius 1 is 1.36 bits per heavy atom. The van der Waals surface area contributed by atoms with E-state index < -0.39 is 24.8 Å². The molecular weight excluding hydrogens is 364 g/mol. The van der Waals surface area contributed by atoms with E-state index in [4.69, 9.17) is 19.3 Å². The number of hydrogen-bond acceptors (Lipinski definition) is 6. The molecule has 28 heavy (non-hydrogen) atoms. The van der Waals surface area contributed by atoms with E-state index in [0.717, 1.165) is 19.3 Å². The number of carboxylic acid groups (broad SMARTS) is 1. The average Bonchev–Trinajstić information content (AvgIpc) is 2.97. The number of ether oxygens (including phenoxy) is 3. The SMILES string of the molecule is CCCCC[C@H](O)/C=C/[C@@H]1[C@H]2Oc3cccc(OCC(=O)O)c3O[C@H]2C[C@H]1O. The monoisotopic (exact) mass is 392 g/mol. The Morgan fingerprint density at radius 3 is 2.93 bits per heavy atom. The predicted octanol–water partition coefficient (Wildman–Crippen LogP) is 2.54. The molecule has 0 amide bonds. The van der Waals surface area contributed by atoms with Crippen LogP contribution in [0.5, 0.6) is 17.2 Å². The third-order valence-electron chi connectivity index (χ3n) is 5.15. The summed E-state index contributed by atoms with van der Waals surface area (Å²) in [5.41, 5.74) is 0. The lowest BCUT2D eigenvalue weighted by Crippen LogP contribution is -2.39. The summed E-state index contributed by atoms with van der Waals surface area (Å²) >= 11 is 0. The molecule has 1 saturated carbocycles. The van der Waals surface area contributed by atoms with E-state index in [-0.39, 0.29) is 18.1 Å². The van der Waals surface area contributed by atoms with Crippen LogP contribution in [0, 0.1) is 5.92 Å². The van der Waals surface area contributed by atoms with Gasteiger partial charge in [-0.15, -0.1) is 0 Å². The molecule has 1 aromatic carbocycles. The number of hydrogen-bond donors (Lipinski definition) is 3. The van der Waals surface area contributed by atoms with Gasteiger partial charge in [0.05, 0.1) is 12.2 Å². The molecule has 1 aliphatic heterocycles. The van der Waals surface area contributed by atoms with Gasteiger partial charge >= 0.3 is 5.97 Å². The molecule has 3 rings (SSSR count). The first-order valence-corrected chi connectivity index (χ1v) is 9.85. The van der Waals surface area contributed by atoms with Crippen molar-refractivity contribution < 1.29 is 34.3 Å². The second-order valence-corrected chi connectivity index (χ2v) is 7.33. The molecular formula is C21H28O7. The Kier molecular flexibility index (Phi) is 6.80. The van der Waals surface area contributed by atoms with E-state index in [0.29, 0.717) is 30.1 Å². The van der Waals surface area contributed by atoms with Gasteiger partial charge in [-0.2, -0.15) is 0 Å². The minimum absolute atomic E-state index is 0.289. The van der Waals surface area contributed by atoms with Crippen molar-refractivity contribution >= 4 is 5.97 Å². The number of aliphatic hydroxyl groups is 2. The fourth-order valence-corrected chi connectivity index (χ4v) is 3.72. The molecule has 5 atom stereocenters. The summed E-state index contributed by atoms with van der Waals surface area (Å²) in [5, 5.41) is 29.4. The lowest BCUT2D eigenvalue weighted by atomic mass is 10.00. The zero-order chi connectivity index (χ0) is 20.1. The third-order valence-corrected chi connectivity index (χ3v) is 5.15. The van der Waals surface area contributed by atoms with Crippen LogP contribution in [-0.4, -0.2) is 52.3 Å². The van der Waals surface area contributed by atoms with Crippen molar-refractivity contribution in [2.45, 2.75) is 63.4 Å². The number of para-hydroxylation sites is 1. The van der Waals surface area contributed by atoms with Crippen LogP contribution in [0.4, 0.5) is 0 Å². The quantitative estimate of drug-likeness (QED) is 0.438. The molecule has 7 nitrogen and oxygen atoms in total. The van der Waals surface area contributed by atoms with E-state index in [2.05, 4.69) is 6.92 Å². The molecule has 2 aliphatic rings. The Hall–Kier alpha value is -2.25. The van der Waals surface area contributed by atoms with Gasteiger partial charge in [0, 0.05) is 12.3 Å². The molecule has 0 spiro atoms. The highest BCUT2D eigenvalue weighted by Crippen LogP contribution is 2.46. The van der Waals surface area contributed by atoms with E-state index in [1.807, 2.05) is 6.08 Å². The number of benzene rings is 1. The Balaban J connectivity index is 1.69. The van der Waals surface area contributed by atoms with Crippen LogP contribution in [0.25, 0.3) is 0 Å². The third kappa shape index (κ3) is 4.77. The Morgan fingerprint density at radius 2 is 2.18 bits per heavy atom. The minimum Gasteiger partial charge on any atom is -0.482 e. The number of rotatable bonds is 9. The van der Waals surface area contributed by atoms with Crippen LogP contribution < -0.4 is 14.2 Å². The maximum atomic E-state index is 10.8. The minimum atomic E-state index is -1.08. The predicted molar refractivity (Wildman–Crippen MR) is 102 cm³/mol. The number of carbonyl (C=O) groups is 1. The zero-order valence-electron chi connectivity index (χ0n) is 16.0. The highest BCUT2D eigenvalue weighted by Gasteiger charge is 2.47. The van der Waals surface area contributed by atoms with E-state index >= 15 is 0 Å². The van der Waals surface area contributed by atoms with Crippen molar-refractivity contribution in [3.05, 3.63) is 30.4 Å². The Labute approximate surface area is 164 Å². The summed E-state index contributed by atoms with van der Waals surface area (Å²) in [6.45, 7) is 1.64. The molecule has 0 saturated heterocycles. The molecule has 154 valence electrons. The maximum absolute atomic E-state index is 10.8. The van der Waals surface area contributed by atoms with Crippen molar-refractivity contribution in [1.29, 1.82) is 0 Å². The number of fused-ring (bicyclic) bond motifs is 2. The molecule has 1 heterocycles. The summed E-state index contributed by atoms with van der Waals surface area (Å²) in [5.74, 6) is -0.242.